The van der Waals surface area contributed by atoms with Crippen LogP contribution in [0.25, 0.3) is 44.6 Å². The second-order valence-electron chi connectivity index (χ2n) is 10.7. The minimum Gasteiger partial charge on any atom is -0.201 e. The van der Waals surface area contributed by atoms with Crippen LogP contribution in [0.3, 0.4) is 0 Å². The maximum Gasteiger partial charge on any atom is 0.213 e. The molecule has 0 radical (unpaired) electrons. The quantitative estimate of drug-likeness (QED) is 0.209. The number of hydrogen-bond acceptors (Lipinski definition) is 0. The number of rotatable bonds is 2. The standard InChI is InChI=1S/C37H34N/c1-21-15-22(2)34(23(3)16-21)30-19-33(38(6)20-24(30)4)36-25(5)35-28-13-9-7-11-26(28)17-31(35)32-18-27-12-8-10-14-29(27)37(32)36/h7-16,19-20H,17-18H2,1-6H3/q+1/i2D3,3D3,4D3. The lowest BCUT2D eigenvalue weighted by Crippen LogP contribution is -2.32. The van der Waals surface area contributed by atoms with Gasteiger partial charge in [0.1, 0.15) is 7.05 Å². The Morgan fingerprint density at radius 2 is 1.21 bits per heavy atom. The second kappa shape index (κ2) is 8.27. The van der Waals surface area contributed by atoms with Crippen LogP contribution in [0, 0.1) is 34.4 Å². The van der Waals surface area contributed by atoms with E-state index in [1.807, 2.05) is 18.2 Å². The molecule has 0 atom stereocenters. The highest BCUT2D eigenvalue weighted by molar-refractivity contribution is 5.98. The highest BCUT2D eigenvalue weighted by atomic mass is 14.9. The molecule has 1 heterocycles. The fourth-order valence-corrected chi connectivity index (χ4v) is 6.76. The molecule has 0 saturated heterocycles. The molecule has 0 unspecified atom stereocenters. The molecular weight excluding hydrogens is 458 g/mol. The molecule has 1 nitrogen and oxygen atoms in total. The van der Waals surface area contributed by atoms with E-state index in [1.54, 1.807) is 24.6 Å². The van der Waals surface area contributed by atoms with E-state index in [1.165, 1.54) is 51.7 Å². The molecule has 0 saturated carbocycles. The van der Waals surface area contributed by atoms with Crippen molar-refractivity contribution in [3.63, 3.8) is 0 Å². The summed E-state index contributed by atoms with van der Waals surface area (Å²) in [5.74, 6) is 0. The average Bonchev–Trinajstić information content (AvgIpc) is 3.55. The largest absolute Gasteiger partial charge is 0.213 e. The Hall–Kier alpha value is -3.97. The van der Waals surface area contributed by atoms with Gasteiger partial charge < -0.3 is 0 Å². The summed E-state index contributed by atoms with van der Waals surface area (Å²) < 4.78 is 77.8. The van der Waals surface area contributed by atoms with Crippen LogP contribution in [0.4, 0.5) is 0 Å². The topological polar surface area (TPSA) is 3.88 Å². The molecule has 4 aromatic carbocycles. The molecular formula is C37H34N+. The van der Waals surface area contributed by atoms with Crippen molar-refractivity contribution in [3.8, 4) is 44.6 Å². The van der Waals surface area contributed by atoms with Gasteiger partial charge in [0.2, 0.25) is 5.69 Å². The number of hydrogen-bond donors (Lipinski definition) is 0. The van der Waals surface area contributed by atoms with Gasteiger partial charge in [-0.05, 0) is 120 Å². The molecule has 0 spiro atoms. The van der Waals surface area contributed by atoms with Gasteiger partial charge in [0.25, 0.3) is 0 Å². The predicted molar refractivity (Wildman–Crippen MR) is 159 cm³/mol. The van der Waals surface area contributed by atoms with Gasteiger partial charge in [0.05, 0.1) is 5.56 Å². The van der Waals surface area contributed by atoms with Crippen LogP contribution in [0.15, 0.2) is 72.9 Å². The molecule has 38 heavy (non-hydrogen) atoms. The maximum absolute atomic E-state index is 8.51. The van der Waals surface area contributed by atoms with Gasteiger partial charge in [-0.3, -0.25) is 0 Å². The molecule has 0 aliphatic heterocycles. The first-order valence-corrected chi connectivity index (χ1v) is 13.0. The lowest BCUT2D eigenvalue weighted by atomic mass is 9.84. The second-order valence-corrected chi connectivity index (χ2v) is 10.7. The van der Waals surface area contributed by atoms with E-state index in [0.29, 0.717) is 11.3 Å². The summed E-state index contributed by atoms with van der Waals surface area (Å²) in [6.07, 6.45) is 3.12. The fraction of sp³-hybridized carbons (Fsp3) is 0.216. The number of fused-ring (bicyclic) bond motifs is 7. The number of aryl methyl sites for hydroxylation is 5. The van der Waals surface area contributed by atoms with E-state index in [-0.39, 0.29) is 27.8 Å². The molecule has 0 fully saturated rings. The molecule has 1 aromatic heterocycles. The first kappa shape index (κ1) is 15.4. The van der Waals surface area contributed by atoms with Crippen LogP contribution in [0.1, 0.15) is 62.4 Å². The SMILES string of the molecule is [2H]C([2H])([2H])c1c[n+](C)c(-c2c(C)c3c(c4c2-c2ccccc2C4)Cc2ccccc2-3)cc1-c1c(C([2H])([2H])[2H])cc(C)cc1C([2H])([2H])[2H]. The number of pyridine rings is 1. The minimum absolute atomic E-state index is 0.0650. The van der Waals surface area contributed by atoms with Gasteiger partial charge in [-0.2, -0.15) is 0 Å². The van der Waals surface area contributed by atoms with Gasteiger partial charge in [0, 0.05) is 24.0 Å². The zero-order valence-electron chi connectivity index (χ0n) is 30.8. The fourth-order valence-electron chi connectivity index (χ4n) is 6.76. The molecule has 186 valence electrons. The van der Waals surface area contributed by atoms with Crippen LogP contribution < -0.4 is 4.57 Å². The average molecular weight is 502 g/mol. The smallest absolute Gasteiger partial charge is 0.201 e. The Labute approximate surface area is 239 Å². The zero-order valence-corrected chi connectivity index (χ0v) is 21.8. The Morgan fingerprint density at radius 3 is 1.84 bits per heavy atom. The normalized spacial score (nSPS) is 17.3. The van der Waals surface area contributed by atoms with Crippen molar-refractivity contribution in [2.45, 2.75) is 47.2 Å². The summed E-state index contributed by atoms with van der Waals surface area (Å²) in [7, 11) is 1.80. The van der Waals surface area contributed by atoms with Crippen LogP contribution in [0.5, 0.6) is 0 Å². The highest BCUT2D eigenvalue weighted by Gasteiger charge is 2.35. The molecule has 7 rings (SSSR count). The lowest BCUT2D eigenvalue weighted by Gasteiger charge is -2.20. The van der Waals surface area contributed by atoms with Gasteiger partial charge >= 0.3 is 0 Å². The Kier molecular flexibility index (Phi) is 3.36. The van der Waals surface area contributed by atoms with Crippen LogP contribution in [-0.2, 0) is 19.9 Å². The van der Waals surface area contributed by atoms with Crippen molar-refractivity contribution in [3.05, 3.63) is 123 Å². The summed E-state index contributed by atoms with van der Waals surface area (Å²) in [5.41, 5.74) is 12.2. The van der Waals surface area contributed by atoms with E-state index in [0.717, 1.165) is 35.1 Å². The monoisotopic (exact) mass is 501 g/mol. The Bertz CT molecular complexity index is 2100. The maximum atomic E-state index is 8.51. The summed E-state index contributed by atoms with van der Waals surface area (Å²) in [5, 5.41) is 0. The van der Waals surface area contributed by atoms with E-state index in [2.05, 4.69) is 37.3 Å². The summed E-state index contributed by atoms with van der Waals surface area (Å²) in [6, 6.07) is 21.4. The van der Waals surface area contributed by atoms with E-state index >= 15 is 0 Å². The molecule has 0 bridgehead atoms. The molecule has 1 heteroatoms. The van der Waals surface area contributed by atoms with Crippen LogP contribution in [0.2, 0.25) is 0 Å². The molecule has 0 amide bonds. The third-order valence-corrected chi connectivity index (χ3v) is 8.36. The first-order valence-electron chi connectivity index (χ1n) is 17.5. The van der Waals surface area contributed by atoms with E-state index in [4.69, 9.17) is 12.3 Å². The van der Waals surface area contributed by atoms with Crippen molar-refractivity contribution in [2.24, 2.45) is 7.05 Å². The van der Waals surface area contributed by atoms with Crippen molar-refractivity contribution in [1.29, 1.82) is 0 Å². The van der Waals surface area contributed by atoms with Crippen molar-refractivity contribution >= 4 is 0 Å². The van der Waals surface area contributed by atoms with Gasteiger partial charge in [-0.25, -0.2) is 4.57 Å². The van der Waals surface area contributed by atoms with Crippen molar-refractivity contribution in [1.82, 2.24) is 0 Å². The van der Waals surface area contributed by atoms with E-state index in [9.17, 15) is 0 Å². The summed E-state index contributed by atoms with van der Waals surface area (Å²) >= 11 is 0. The van der Waals surface area contributed by atoms with Crippen molar-refractivity contribution < 1.29 is 16.9 Å². The molecule has 2 aliphatic rings. The molecule has 5 aromatic rings. The zero-order chi connectivity index (χ0) is 33.8. The van der Waals surface area contributed by atoms with Gasteiger partial charge in [-0.15, -0.1) is 0 Å². The van der Waals surface area contributed by atoms with Gasteiger partial charge in [0.15, 0.2) is 6.20 Å². The van der Waals surface area contributed by atoms with E-state index < -0.39 is 20.6 Å². The number of aromatic nitrogens is 1. The van der Waals surface area contributed by atoms with Gasteiger partial charge in [-0.1, -0.05) is 66.2 Å². The molecule has 0 N–H and O–H groups in total. The van der Waals surface area contributed by atoms with Crippen molar-refractivity contribution in [2.75, 3.05) is 0 Å². The predicted octanol–water partition coefficient (Wildman–Crippen LogP) is 8.53. The molecule has 2 aliphatic carbocycles. The van der Waals surface area contributed by atoms with Crippen LogP contribution in [-0.4, -0.2) is 0 Å². The highest BCUT2D eigenvalue weighted by Crippen LogP contribution is 2.53. The minimum atomic E-state index is -2.70. The Morgan fingerprint density at radius 1 is 0.632 bits per heavy atom. The first-order chi connectivity index (χ1) is 22.0. The summed E-state index contributed by atoms with van der Waals surface area (Å²) in [4.78, 5) is 0. The number of nitrogens with zero attached hydrogens (tertiary/aromatic N) is 1. The number of benzene rings is 4. The Balaban J connectivity index is 1.64. The lowest BCUT2D eigenvalue weighted by molar-refractivity contribution is -0.660. The van der Waals surface area contributed by atoms with Crippen LogP contribution >= 0.6 is 0 Å². The third-order valence-electron chi connectivity index (χ3n) is 8.36. The summed E-state index contributed by atoms with van der Waals surface area (Å²) in [6.45, 7) is -4.29. The third kappa shape index (κ3) is 3.21.